The molecule has 1 saturated heterocycles. The van der Waals surface area contributed by atoms with Crippen LogP contribution in [-0.2, 0) is 30.8 Å². The molecule has 0 bridgehead atoms. The van der Waals surface area contributed by atoms with Gasteiger partial charge in [0, 0.05) is 50.3 Å². The number of likely N-dealkylation sites (tertiary alicyclic amines) is 1. The van der Waals surface area contributed by atoms with Crippen molar-refractivity contribution in [2.24, 2.45) is 18.9 Å². The van der Waals surface area contributed by atoms with Crippen molar-refractivity contribution in [1.82, 2.24) is 9.47 Å². The fourth-order valence-corrected chi connectivity index (χ4v) is 6.22. The first-order valence-electron chi connectivity index (χ1n) is 15.2. The number of amides is 2. The Hall–Kier alpha value is -3.11. The van der Waals surface area contributed by atoms with Crippen LogP contribution in [0.4, 0.5) is 10.5 Å². The van der Waals surface area contributed by atoms with E-state index in [0.29, 0.717) is 50.1 Å². The minimum absolute atomic E-state index is 0.102. The predicted molar refractivity (Wildman–Crippen MR) is 161 cm³/mol. The number of aryl methyl sites for hydroxylation is 1. The van der Waals surface area contributed by atoms with Crippen LogP contribution < -0.4 is 5.32 Å². The minimum Gasteiger partial charge on any atom is -0.461 e. The number of methoxy groups -OCH3 is 1. The maximum atomic E-state index is 13.8. The van der Waals surface area contributed by atoms with Crippen molar-refractivity contribution in [2.75, 3.05) is 45.4 Å². The highest BCUT2D eigenvalue weighted by Gasteiger charge is 2.46. The molecular formula is C32H47N3O7. The van der Waals surface area contributed by atoms with Gasteiger partial charge in [-0.3, -0.25) is 9.69 Å². The lowest BCUT2D eigenvalue weighted by Gasteiger charge is -2.34. The lowest BCUT2D eigenvalue weighted by Crippen LogP contribution is -2.49. The van der Waals surface area contributed by atoms with E-state index in [0.717, 1.165) is 30.2 Å². The number of hydrogen-bond acceptors (Lipinski definition) is 7. The van der Waals surface area contributed by atoms with Gasteiger partial charge in [0.2, 0.25) is 5.91 Å². The van der Waals surface area contributed by atoms with Gasteiger partial charge in [-0.15, -0.1) is 0 Å². The summed E-state index contributed by atoms with van der Waals surface area (Å²) < 4.78 is 23.3. The Labute approximate surface area is 249 Å². The van der Waals surface area contributed by atoms with E-state index in [-0.39, 0.29) is 18.4 Å². The molecule has 232 valence electrons. The third kappa shape index (κ3) is 8.04. The van der Waals surface area contributed by atoms with Crippen LogP contribution in [0.5, 0.6) is 0 Å². The lowest BCUT2D eigenvalue weighted by atomic mass is 9.76. The molecule has 2 amide bonds. The van der Waals surface area contributed by atoms with Gasteiger partial charge in [0.05, 0.1) is 19.8 Å². The molecule has 0 unspecified atom stereocenters. The van der Waals surface area contributed by atoms with Gasteiger partial charge < -0.3 is 28.8 Å². The number of aromatic nitrogens is 1. The molecule has 2 aliphatic rings. The topological polar surface area (TPSA) is 108 Å². The Morgan fingerprint density at radius 1 is 0.976 bits per heavy atom. The molecule has 1 saturated carbocycles. The fraction of sp³-hybridized carbons (Fsp3) is 0.656. The normalized spacial score (nSPS) is 19.7. The van der Waals surface area contributed by atoms with E-state index in [4.69, 9.17) is 18.9 Å². The van der Waals surface area contributed by atoms with Crippen molar-refractivity contribution in [3.8, 4) is 0 Å². The molecule has 0 radical (unpaired) electrons. The van der Waals surface area contributed by atoms with Crippen molar-refractivity contribution >= 4 is 34.6 Å². The Morgan fingerprint density at radius 3 is 2.45 bits per heavy atom. The predicted octanol–water partition coefficient (Wildman–Crippen LogP) is 5.53. The SMILES string of the molecule is COCCOCCCOC(=O)c1cc2cc(NC(=O)[C@H]3[C@H](C4CCCCC4)CCN3C(=O)OC(C)(C)C)ccc2n1C. The van der Waals surface area contributed by atoms with Crippen molar-refractivity contribution in [3.05, 3.63) is 30.0 Å². The summed E-state index contributed by atoms with van der Waals surface area (Å²) in [4.78, 5) is 41.4. The van der Waals surface area contributed by atoms with E-state index in [2.05, 4.69) is 5.32 Å². The fourth-order valence-electron chi connectivity index (χ4n) is 6.22. The molecular weight excluding hydrogens is 538 g/mol. The molecule has 2 atom stereocenters. The Bertz CT molecular complexity index is 1230. The largest absolute Gasteiger partial charge is 0.461 e. The van der Waals surface area contributed by atoms with Gasteiger partial charge in [-0.2, -0.15) is 0 Å². The molecule has 2 aromatic rings. The zero-order valence-electron chi connectivity index (χ0n) is 25.8. The van der Waals surface area contributed by atoms with Crippen LogP contribution in [0, 0.1) is 11.8 Å². The van der Waals surface area contributed by atoms with E-state index in [9.17, 15) is 14.4 Å². The number of nitrogens with zero attached hydrogens (tertiary/aromatic N) is 2. The molecule has 1 aromatic carbocycles. The van der Waals surface area contributed by atoms with Crippen molar-refractivity contribution < 1.29 is 33.3 Å². The Morgan fingerprint density at radius 2 is 1.74 bits per heavy atom. The third-order valence-corrected chi connectivity index (χ3v) is 8.21. The van der Waals surface area contributed by atoms with E-state index >= 15 is 0 Å². The average Bonchev–Trinajstić information content (AvgIpc) is 3.54. The summed E-state index contributed by atoms with van der Waals surface area (Å²) >= 11 is 0. The first-order chi connectivity index (χ1) is 20.1. The quantitative estimate of drug-likeness (QED) is 0.273. The van der Waals surface area contributed by atoms with E-state index in [1.165, 1.54) is 19.3 Å². The molecule has 0 spiro atoms. The number of carbonyl (C=O) groups is 3. The molecule has 1 aliphatic heterocycles. The van der Waals surface area contributed by atoms with Gasteiger partial charge in [0.1, 0.15) is 17.3 Å². The summed E-state index contributed by atoms with van der Waals surface area (Å²) in [6.45, 7) is 7.81. The van der Waals surface area contributed by atoms with Crippen molar-refractivity contribution in [2.45, 2.75) is 77.4 Å². The monoisotopic (exact) mass is 585 g/mol. The maximum absolute atomic E-state index is 13.8. The number of anilines is 1. The second-order valence-electron chi connectivity index (χ2n) is 12.4. The van der Waals surface area contributed by atoms with Crippen LogP contribution in [0.3, 0.4) is 0 Å². The van der Waals surface area contributed by atoms with Crippen LogP contribution in [0.1, 0.15) is 76.2 Å². The number of benzene rings is 1. The van der Waals surface area contributed by atoms with E-state index in [1.54, 1.807) is 22.6 Å². The number of rotatable bonds is 11. The molecule has 1 aromatic heterocycles. The second kappa shape index (κ2) is 14.4. The van der Waals surface area contributed by atoms with Gasteiger partial charge in [0.25, 0.3) is 0 Å². The standard InChI is InChI=1S/C32H47N3O7/c1-32(2,3)42-31(38)35-15-14-25(22-10-7-6-8-11-22)28(35)29(36)33-24-12-13-26-23(20-24)21-27(34(26)4)30(37)41-17-9-16-40-19-18-39-5/h12-13,20-22,25,28H,6-11,14-19H2,1-5H3,(H,33,36)/t25-,28+/m0/s1. The van der Waals surface area contributed by atoms with Gasteiger partial charge in [-0.05, 0) is 63.3 Å². The zero-order valence-corrected chi connectivity index (χ0v) is 25.8. The zero-order chi connectivity index (χ0) is 30.3. The molecule has 2 heterocycles. The highest BCUT2D eigenvalue weighted by Crippen LogP contribution is 2.40. The van der Waals surface area contributed by atoms with E-state index in [1.807, 2.05) is 46.0 Å². The summed E-state index contributed by atoms with van der Waals surface area (Å²) in [7, 11) is 3.44. The van der Waals surface area contributed by atoms with Crippen LogP contribution in [0.15, 0.2) is 24.3 Å². The maximum Gasteiger partial charge on any atom is 0.410 e. The minimum atomic E-state index is -0.643. The number of carbonyl (C=O) groups excluding carboxylic acids is 3. The Balaban J connectivity index is 1.45. The molecule has 1 aliphatic carbocycles. The summed E-state index contributed by atoms with van der Waals surface area (Å²) in [5, 5.41) is 3.89. The molecule has 4 rings (SSSR count). The summed E-state index contributed by atoms with van der Waals surface area (Å²) in [5.41, 5.74) is 1.25. The van der Waals surface area contributed by atoms with Gasteiger partial charge in [0.15, 0.2) is 0 Å². The summed E-state index contributed by atoms with van der Waals surface area (Å²) in [6, 6.07) is 6.75. The number of fused-ring (bicyclic) bond motifs is 1. The molecule has 1 N–H and O–H groups in total. The summed E-state index contributed by atoms with van der Waals surface area (Å²) in [6.07, 6.45) is 6.69. The van der Waals surface area contributed by atoms with Gasteiger partial charge >= 0.3 is 12.1 Å². The van der Waals surface area contributed by atoms with Crippen LogP contribution in [0.2, 0.25) is 0 Å². The van der Waals surface area contributed by atoms with Crippen LogP contribution >= 0.6 is 0 Å². The van der Waals surface area contributed by atoms with Crippen molar-refractivity contribution in [3.63, 3.8) is 0 Å². The molecule has 10 heteroatoms. The first kappa shape index (κ1) is 31.8. The average molecular weight is 586 g/mol. The summed E-state index contributed by atoms with van der Waals surface area (Å²) in [5.74, 6) is -0.0870. The van der Waals surface area contributed by atoms with Gasteiger partial charge in [-0.25, -0.2) is 9.59 Å². The number of ether oxygens (including phenoxy) is 4. The van der Waals surface area contributed by atoms with E-state index < -0.39 is 23.7 Å². The molecule has 2 fully saturated rings. The third-order valence-electron chi connectivity index (χ3n) is 8.21. The number of nitrogens with one attached hydrogen (secondary N) is 1. The van der Waals surface area contributed by atoms with Crippen molar-refractivity contribution in [1.29, 1.82) is 0 Å². The van der Waals surface area contributed by atoms with Crippen LogP contribution in [-0.4, -0.2) is 79.2 Å². The lowest BCUT2D eigenvalue weighted by molar-refractivity contribution is -0.122. The smallest absolute Gasteiger partial charge is 0.410 e. The highest BCUT2D eigenvalue weighted by molar-refractivity contribution is 6.00. The number of esters is 1. The van der Waals surface area contributed by atoms with Crippen LogP contribution in [0.25, 0.3) is 10.9 Å². The second-order valence-corrected chi connectivity index (χ2v) is 12.4. The number of hydrogen-bond donors (Lipinski definition) is 1. The van der Waals surface area contributed by atoms with Gasteiger partial charge in [-0.1, -0.05) is 32.1 Å². The molecule has 42 heavy (non-hydrogen) atoms. The highest BCUT2D eigenvalue weighted by atomic mass is 16.6. The first-order valence-corrected chi connectivity index (χ1v) is 15.2. The Kier molecular flexibility index (Phi) is 10.9. The molecule has 10 nitrogen and oxygen atoms in total.